The number of methoxy groups -OCH3 is 1. The van der Waals surface area contributed by atoms with E-state index >= 15 is 0 Å². The van der Waals surface area contributed by atoms with E-state index < -0.39 is 0 Å². The molecule has 0 aliphatic heterocycles. The summed E-state index contributed by atoms with van der Waals surface area (Å²) in [6, 6.07) is 8.03. The molecule has 3 heteroatoms. The smallest absolute Gasteiger partial charge is 0.195 e. The second kappa shape index (κ2) is 7.08. The quantitative estimate of drug-likeness (QED) is 0.762. The van der Waals surface area contributed by atoms with Crippen molar-refractivity contribution >= 4 is 5.78 Å². The van der Waals surface area contributed by atoms with Crippen molar-refractivity contribution < 1.29 is 14.3 Å². The van der Waals surface area contributed by atoms with Gasteiger partial charge < -0.3 is 9.47 Å². The monoisotopic (exact) mass is 292 g/mol. The number of ketones is 1. The molecule has 0 bridgehead atoms. The summed E-state index contributed by atoms with van der Waals surface area (Å²) < 4.78 is 10.2. The van der Waals surface area contributed by atoms with E-state index in [0.717, 1.165) is 12.2 Å². The van der Waals surface area contributed by atoms with Crippen LogP contribution in [0, 0.1) is 5.41 Å². The van der Waals surface area contributed by atoms with E-state index in [4.69, 9.17) is 9.47 Å². The standard InChI is InChI=1S/C18H28O3/c1-17(2,3)13-18(4,5)14-7-9-16(10-8-14)21-12-15(19)11-20-6/h7-10H,11-13H2,1-6H3. The zero-order chi connectivity index (χ0) is 16.1. The van der Waals surface area contributed by atoms with Crippen molar-refractivity contribution in [3.05, 3.63) is 29.8 Å². The summed E-state index contributed by atoms with van der Waals surface area (Å²) in [4.78, 5) is 11.3. The van der Waals surface area contributed by atoms with Gasteiger partial charge in [-0.05, 0) is 34.9 Å². The van der Waals surface area contributed by atoms with Crippen LogP contribution in [-0.2, 0) is 14.9 Å². The van der Waals surface area contributed by atoms with E-state index in [-0.39, 0.29) is 29.8 Å². The maximum Gasteiger partial charge on any atom is 0.195 e. The van der Waals surface area contributed by atoms with Crippen LogP contribution in [0.25, 0.3) is 0 Å². The lowest BCUT2D eigenvalue weighted by molar-refractivity contribution is -0.124. The van der Waals surface area contributed by atoms with Gasteiger partial charge in [0.15, 0.2) is 5.78 Å². The van der Waals surface area contributed by atoms with Crippen LogP contribution in [-0.4, -0.2) is 26.1 Å². The molecule has 0 radical (unpaired) electrons. The minimum absolute atomic E-state index is 0.0541. The molecule has 0 aliphatic carbocycles. The van der Waals surface area contributed by atoms with E-state index in [0.29, 0.717) is 0 Å². The average Bonchev–Trinajstić information content (AvgIpc) is 2.34. The zero-order valence-electron chi connectivity index (χ0n) is 14.2. The molecule has 1 rings (SSSR count). The Labute approximate surface area is 128 Å². The van der Waals surface area contributed by atoms with Crippen LogP contribution in [0.15, 0.2) is 24.3 Å². The first-order valence-electron chi connectivity index (χ1n) is 7.38. The first-order chi connectivity index (χ1) is 9.64. The van der Waals surface area contributed by atoms with Crippen molar-refractivity contribution in [3.8, 4) is 5.75 Å². The number of carbonyl (C=O) groups excluding carboxylic acids is 1. The van der Waals surface area contributed by atoms with Crippen molar-refractivity contribution in [2.45, 2.75) is 46.5 Å². The van der Waals surface area contributed by atoms with Crippen molar-refractivity contribution in [2.75, 3.05) is 20.3 Å². The molecule has 0 saturated carbocycles. The summed E-state index contributed by atoms with van der Waals surface area (Å²) in [5, 5.41) is 0. The second-order valence-corrected chi connectivity index (χ2v) is 7.41. The van der Waals surface area contributed by atoms with Crippen molar-refractivity contribution in [3.63, 3.8) is 0 Å². The molecule has 0 fully saturated rings. The maximum absolute atomic E-state index is 11.3. The van der Waals surface area contributed by atoms with E-state index in [1.165, 1.54) is 12.7 Å². The molecule has 0 saturated heterocycles. The summed E-state index contributed by atoms with van der Waals surface area (Å²) in [6.07, 6.45) is 1.10. The topological polar surface area (TPSA) is 35.5 Å². The third kappa shape index (κ3) is 6.30. The SMILES string of the molecule is COCC(=O)COc1ccc(C(C)(C)CC(C)(C)C)cc1. The fourth-order valence-electron chi connectivity index (χ4n) is 2.80. The Morgan fingerprint density at radius 1 is 1.00 bits per heavy atom. The van der Waals surface area contributed by atoms with Gasteiger partial charge in [0.05, 0.1) is 0 Å². The predicted octanol–water partition coefficient (Wildman–Crippen LogP) is 3.99. The van der Waals surface area contributed by atoms with Gasteiger partial charge in [0.1, 0.15) is 19.0 Å². The van der Waals surface area contributed by atoms with Crippen LogP contribution < -0.4 is 4.74 Å². The minimum Gasteiger partial charge on any atom is -0.486 e. The highest BCUT2D eigenvalue weighted by Gasteiger charge is 2.27. The molecule has 0 atom stereocenters. The van der Waals surface area contributed by atoms with Crippen LogP contribution in [0.3, 0.4) is 0 Å². The number of ether oxygens (including phenoxy) is 2. The van der Waals surface area contributed by atoms with Gasteiger partial charge in [-0.1, -0.05) is 46.8 Å². The maximum atomic E-state index is 11.3. The Morgan fingerprint density at radius 3 is 2.05 bits per heavy atom. The summed E-state index contributed by atoms with van der Waals surface area (Å²) in [7, 11) is 1.50. The van der Waals surface area contributed by atoms with Gasteiger partial charge in [-0.3, -0.25) is 4.79 Å². The van der Waals surface area contributed by atoms with Crippen LogP contribution in [0.2, 0.25) is 0 Å². The van der Waals surface area contributed by atoms with Crippen molar-refractivity contribution in [1.82, 2.24) is 0 Å². The third-order valence-corrected chi connectivity index (χ3v) is 3.31. The van der Waals surface area contributed by atoms with Crippen LogP contribution in [0.1, 0.15) is 46.6 Å². The normalized spacial score (nSPS) is 12.3. The summed E-state index contributed by atoms with van der Waals surface area (Å²) in [5.41, 5.74) is 1.68. The average molecular weight is 292 g/mol. The first kappa shape index (κ1) is 17.7. The van der Waals surface area contributed by atoms with Crippen molar-refractivity contribution in [2.24, 2.45) is 5.41 Å². The number of carbonyl (C=O) groups is 1. The molecular weight excluding hydrogens is 264 g/mol. The Morgan fingerprint density at radius 2 is 1.57 bits per heavy atom. The Hall–Kier alpha value is -1.35. The summed E-state index contributed by atoms with van der Waals surface area (Å²) in [5.74, 6) is 0.657. The number of Topliss-reactive ketones (excluding diaryl/α,β-unsaturated/α-hetero) is 1. The van der Waals surface area contributed by atoms with Gasteiger partial charge >= 0.3 is 0 Å². The van der Waals surface area contributed by atoms with E-state index in [1.54, 1.807) is 0 Å². The van der Waals surface area contributed by atoms with Gasteiger partial charge in [0.2, 0.25) is 0 Å². The van der Waals surface area contributed by atoms with E-state index in [2.05, 4.69) is 46.8 Å². The van der Waals surface area contributed by atoms with Crippen LogP contribution in [0.5, 0.6) is 5.75 Å². The fraction of sp³-hybridized carbons (Fsp3) is 0.611. The Kier molecular flexibility index (Phi) is 5.97. The van der Waals surface area contributed by atoms with Gasteiger partial charge in [-0.25, -0.2) is 0 Å². The van der Waals surface area contributed by atoms with Crippen molar-refractivity contribution in [1.29, 1.82) is 0 Å². The largest absolute Gasteiger partial charge is 0.486 e. The molecule has 3 nitrogen and oxygen atoms in total. The molecule has 0 aliphatic rings. The van der Waals surface area contributed by atoms with Crippen LogP contribution >= 0.6 is 0 Å². The molecule has 1 aromatic rings. The molecule has 0 N–H and O–H groups in total. The Balaban J connectivity index is 2.67. The lowest BCUT2D eigenvalue weighted by Gasteiger charge is -2.33. The minimum atomic E-state index is -0.0605. The number of hydrogen-bond donors (Lipinski definition) is 0. The van der Waals surface area contributed by atoms with E-state index in [1.807, 2.05) is 12.1 Å². The zero-order valence-corrected chi connectivity index (χ0v) is 14.2. The lowest BCUT2D eigenvalue weighted by Crippen LogP contribution is -2.24. The molecule has 21 heavy (non-hydrogen) atoms. The van der Waals surface area contributed by atoms with Gasteiger partial charge in [-0.2, -0.15) is 0 Å². The summed E-state index contributed by atoms with van der Waals surface area (Å²) in [6.45, 7) is 11.4. The molecule has 118 valence electrons. The molecule has 0 unspecified atom stereocenters. The molecule has 0 amide bonds. The predicted molar refractivity (Wildman–Crippen MR) is 85.9 cm³/mol. The Bertz CT molecular complexity index is 452. The number of hydrogen-bond acceptors (Lipinski definition) is 3. The highest BCUT2D eigenvalue weighted by Crippen LogP contribution is 2.36. The number of rotatable bonds is 7. The lowest BCUT2D eigenvalue weighted by atomic mass is 9.72. The molecule has 0 aromatic heterocycles. The molecule has 0 heterocycles. The highest BCUT2D eigenvalue weighted by atomic mass is 16.5. The van der Waals surface area contributed by atoms with Crippen LogP contribution in [0.4, 0.5) is 0 Å². The molecule has 0 spiro atoms. The van der Waals surface area contributed by atoms with Gasteiger partial charge in [-0.15, -0.1) is 0 Å². The highest BCUT2D eigenvalue weighted by molar-refractivity contribution is 5.81. The summed E-state index contributed by atoms with van der Waals surface area (Å²) >= 11 is 0. The van der Waals surface area contributed by atoms with Gasteiger partial charge in [0.25, 0.3) is 0 Å². The van der Waals surface area contributed by atoms with Gasteiger partial charge in [0, 0.05) is 7.11 Å². The third-order valence-electron chi connectivity index (χ3n) is 3.31. The fourth-order valence-corrected chi connectivity index (χ4v) is 2.80. The number of benzene rings is 1. The first-order valence-corrected chi connectivity index (χ1v) is 7.38. The second-order valence-electron chi connectivity index (χ2n) is 7.41. The molecule has 1 aromatic carbocycles. The molecular formula is C18H28O3. The van der Waals surface area contributed by atoms with E-state index in [9.17, 15) is 4.79 Å².